The first kappa shape index (κ1) is 14.4. The normalized spacial score (nSPS) is 16.5. The lowest BCUT2D eigenvalue weighted by atomic mass is 9.95. The van der Waals surface area contributed by atoms with Gasteiger partial charge in [-0.25, -0.2) is 14.5 Å². The van der Waals surface area contributed by atoms with Crippen LogP contribution >= 0.6 is 0 Å². The van der Waals surface area contributed by atoms with Gasteiger partial charge in [-0.1, -0.05) is 30.3 Å². The van der Waals surface area contributed by atoms with Gasteiger partial charge >= 0.3 is 6.03 Å². The summed E-state index contributed by atoms with van der Waals surface area (Å²) in [7, 11) is 0. The molecule has 0 radical (unpaired) electrons. The summed E-state index contributed by atoms with van der Waals surface area (Å²) in [6, 6.07) is 15.7. The summed E-state index contributed by atoms with van der Waals surface area (Å²) < 4.78 is 1.67. The number of nitrogens with zero attached hydrogens (tertiary/aromatic N) is 4. The highest BCUT2D eigenvalue weighted by atomic mass is 16.2. The average molecular weight is 319 g/mol. The maximum atomic E-state index is 12.5. The van der Waals surface area contributed by atoms with Gasteiger partial charge in [-0.15, -0.1) is 0 Å². The van der Waals surface area contributed by atoms with E-state index in [9.17, 15) is 4.79 Å². The van der Waals surface area contributed by atoms with Crippen molar-refractivity contribution in [1.29, 1.82) is 0 Å². The van der Waals surface area contributed by atoms with Crippen LogP contribution in [0.3, 0.4) is 0 Å². The molecular formula is C18H17N5O. The number of anilines is 1. The van der Waals surface area contributed by atoms with Crippen molar-refractivity contribution in [2.24, 2.45) is 0 Å². The fourth-order valence-electron chi connectivity index (χ4n) is 2.85. The predicted octanol–water partition coefficient (Wildman–Crippen LogP) is 3.25. The molecule has 0 saturated carbocycles. The van der Waals surface area contributed by atoms with Crippen LogP contribution in [-0.2, 0) is 0 Å². The van der Waals surface area contributed by atoms with Crippen molar-refractivity contribution in [2.45, 2.75) is 12.5 Å². The maximum absolute atomic E-state index is 12.5. The molecule has 1 fully saturated rings. The Kier molecular flexibility index (Phi) is 3.70. The van der Waals surface area contributed by atoms with Crippen molar-refractivity contribution >= 4 is 11.7 Å². The molecule has 1 atom stereocenters. The molecule has 1 aliphatic heterocycles. The number of aromatic nitrogens is 3. The van der Waals surface area contributed by atoms with Gasteiger partial charge in [0.1, 0.15) is 0 Å². The number of likely N-dealkylation sites (tertiary alicyclic amines) is 1. The van der Waals surface area contributed by atoms with Gasteiger partial charge < -0.3 is 10.2 Å². The highest BCUT2D eigenvalue weighted by Crippen LogP contribution is 2.33. The minimum absolute atomic E-state index is 0.0938. The van der Waals surface area contributed by atoms with Crippen LogP contribution in [-0.4, -0.2) is 32.2 Å². The highest BCUT2D eigenvalue weighted by molar-refractivity contribution is 5.90. The van der Waals surface area contributed by atoms with Crippen molar-refractivity contribution in [1.82, 2.24) is 19.7 Å². The van der Waals surface area contributed by atoms with Crippen LogP contribution in [0.5, 0.6) is 0 Å². The first-order valence-corrected chi connectivity index (χ1v) is 7.90. The second-order valence-electron chi connectivity index (χ2n) is 5.69. The molecule has 0 unspecified atom stereocenters. The molecule has 2 aromatic heterocycles. The first-order chi connectivity index (χ1) is 11.8. The van der Waals surface area contributed by atoms with Crippen molar-refractivity contribution in [2.75, 3.05) is 11.9 Å². The summed E-state index contributed by atoms with van der Waals surface area (Å²) in [5, 5.41) is 7.04. The standard InChI is InChI=1S/C18H17N5O/c24-18(22-12-9-16(22)14-5-2-1-3-6-14)21-15-7-8-17(19-13-15)23-11-4-10-20-23/h1-8,10-11,13,16H,9,12H2,(H,21,24)/t16-/m1/s1. The van der Waals surface area contributed by atoms with Crippen LogP contribution in [0.4, 0.5) is 10.5 Å². The molecule has 6 heteroatoms. The lowest BCUT2D eigenvalue weighted by Gasteiger charge is -2.41. The summed E-state index contributed by atoms with van der Waals surface area (Å²) in [4.78, 5) is 18.6. The number of nitrogens with one attached hydrogen (secondary N) is 1. The monoisotopic (exact) mass is 319 g/mol. The third-order valence-electron chi connectivity index (χ3n) is 4.20. The quantitative estimate of drug-likeness (QED) is 0.806. The molecular weight excluding hydrogens is 302 g/mol. The number of rotatable bonds is 3. The number of pyridine rings is 1. The fraction of sp³-hybridized carbons (Fsp3) is 0.167. The van der Waals surface area contributed by atoms with Gasteiger partial charge in [0.2, 0.25) is 0 Å². The van der Waals surface area contributed by atoms with Crippen molar-refractivity contribution in [3.63, 3.8) is 0 Å². The molecule has 1 aromatic carbocycles. The zero-order valence-electron chi connectivity index (χ0n) is 13.0. The molecule has 1 saturated heterocycles. The number of hydrogen-bond acceptors (Lipinski definition) is 3. The molecule has 0 aliphatic carbocycles. The van der Waals surface area contributed by atoms with Crippen molar-refractivity contribution in [3.8, 4) is 5.82 Å². The molecule has 1 aliphatic rings. The van der Waals surface area contributed by atoms with Crippen molar-refractivity contribution < 1.29 is 4.79 Å². The van der Waals surface area contributed by atoms with Crippen LogP contribution in [0.1, 0.15) is 18.0 Å². The Morgan fingerprint density at radius 1 is 1.12 bits per heavy atom. The Hall–Kier alpha value is -3.15. The number of urea groups is 1. The number of amides is 2. The summed E-state index contributed by atoms with van der Waals surface area (Å²) in [6.45, 7) is 0.768. The SMILES string of the molecule is O=C(Nc1ccc(-n2cccn2)nc1)N1CC[C@@H]1c1ccccc1. The Balaban J connectivity index is 1.43. The van der Waals surface area contributed by atoms with Crippen LogP contribution in [0.25, 0.3) is 5.82 Å². The molecule has 4 rings (SSSR count). The van der Waals surface area contributed by atoms with E-state index in [2.05, 4.69) is 27.5 Å². The van der Waals surface area contributed by atoms with Gasteiger partial charge in [0.25, 0.3) is 0 Å². The fourth-order valence-corrected chi connectivity index (χ4v) is 2.85. The van der Waals surface area contributed by atoms with E-state index in [1.54, 1.807) is 17.1 Å². The van der Waals surface area contributed by atoms with E-state index >= 15 is 0 Å². The summed E-state index contributed by atoms with van der Waals surface area (Å²) in [5.41, 5.74) is 1.85. The molecule has 0 bridgehead atoms. The third-order valence-corrected chi connectivity index (χ3v) is 4.20. The van der Waals surface area contributed by atoms with Crippen molar-refractivity contribution in [3.05, 3.63) is 72.7 Å². The molecule has 2 amide bonds. The molecule has 1 N–H and O–H groups in total. The summed E-state index contributed by atoms with van der Waals surface area (Å²) >= 11 is 0. The molecule has 0 spiro atoms. The third kappa shape index (κ3) is 2.74. The Bertz CT molecular complexity index is 814. The lowest BCUT2D eigenvalue weighted by molar-refractivity contribution is 0.126. The van der Waals surface area contributed by atoms with Gasteiger partial charge in [-0.05, 0) is 30.2 Å². The van der Waals surface area contributed by atoms with Crippen LogP contribution in [0.15, 0.2) is 67.1 Å². The minimum atomic E-state index is -0.0938. The summed E-state index contributed by atoms with van der Waals surface area (Å²) in [5.74, 6) is 0.712. The predicted molar refractivity (Wildman–Crippen MR) is 90.9 cm³/mol. The molecule has 6 nitrogen and oxygen atoms in total. The maximum Gasteiger partial charge on any atom is 0.322 e. The average Bonchev–Trinajstić information content (AvgIpc) is 3.10. The van der Waals surface area contributed by atoms with Crippen LogP contribution in [0.2, 0.25) is 0 Å². The molecule has 3 heterocycles. The number of benzene rings is 1. The van der Waals surface area contributed by atoms with E-state index in [0.29, 0.717) is 11.5 Å². The Morgan fingerprint density at radius 3 is 2.62 bits per heavy atom. The summed E-state index contributed by atoms with van der Waals surface area (Å²) in [6.07, 6.45) is 6.16. The van der Waals surface area contributed by atoms with E-state index in [0.717, 1.165) is 13.0 Å². The Labute approximate surface area is 139 Å². The van der Waals surface area contributed by atoms with E-state index < -0.39 is 0 Å². The largest absolute Gasteiger partial charge is 0.322 e. The Morgan fingerprint density at radius 2 is 2.00 bits per heavy atom. The minimum Gasteiger partial charge on any atom is -0.317 e. The topological polar surface area (TPSA) is 63.1 Å². The van der Waals surface area contributed by atoms with Gasteiger partial charge in [0.05, 0.1) is 17.9 Å². The first-order valence-electron chi connectivity index (χ1n) is 7.90. The van der Waals surface area contributed by atoms with Gasteiger partial charge in [-0.3, -0.25) is 0 Å². The molecule has 24 heavy (non-hydrogen) atoms. The molecule has 120 valence electrons. The lowest BCUT2D eigenvalue weighted by Crippen LogP contribution is -2.47. The second kappa shape index (κ2) is 6.16. The molecule has 3 aromatic rings. The van der Waals surface area contributed by atoms with Gasteiger partial charge in [-0.2, -0.15) is 5.10 Å². The van der Waals surface area contributed by atoms with E-state index in [1.807, 2.05) is 47.5 Å². The number of carbonyl (C=O) groups is 1. The highest BCUT2D eigenvalue weighted by Gasteiger charge is 2.33. The smallest absolute Gasteiger partial charge is 0.317 e. The zero-order chi connectivity index (χ0) is 16.4. The van der Waals surface area contributed by atoms with E-state index in [4.69, 9.17) is 0 Å². The number of carbonyl (C=O) groups excluding carboxylic acids is 1. The van der Waals surface area contributed by atoms with E-state index in [1.165, 1.54) is 5.56 Å². The van der Waals surface area contributed by atoms with Gasteiger partial charge in [0.15, 0.2) is 5.82 Å². The van der Waals surface area contributed by atoms with Gasteiger partial charge in [0, 0.05) is 18.9 Å². The van der Waals surface area contributed by atoms with Crippen LogP contribution in [0, 0.1) is 0 Å². The number of hydrogen-bond donors (Lipinski definition) is 1. The second-order valence-corrected chi connectivity index (χ2v) is 5.69. The van der Waals surface area contributed by atoms with E-state index in [-0.39, 0.29) is 12.1 Å². The zero-order valence-corrected chi connectivity index (χ0v) is 13.0. The van der Waals surface area contributed by atoms with Crippen LogP contribution < -0.4 is 5.32 Å².